The first-order valence-electron chi connectivity index (χ1n) is 7.93. The molecule has 1 atom stereocenters. The van der Waals surface area contributed by atoms with Gasteiger partial charge >= 0.3 is 0 Å². The average molecular weight is 365 g/mol. The van der Waals surface area contributed by atoms with Crippen molar-refractivity contribution in [3.05, 3.63) is 23.8 Å². The molecule has 1 aliphatic heterocycles. The number of benzene rings is 1. The second-order valence-corrected chi connectivity index (χ2v) is 6.20. The van der Waals surface area contributed by atoms with Gasteiger partial charge in [0.2, 0.25) is 0 Å². The first kappa shape index (κ1) is 22.3. The van der Waals surface area contributed by atoms with E-state index >= 15 is 0 Å². The van der Waals surface area contributed by atoms with Crippen LogP contribution in [0, 0.1) is 5.92 Å². The fourth-order valence-electron chi connectivity index (χ4n) is 2.95. The number of methoxy groups -OCH3 is 1. The summed E-state index contributed by atoms with van der Waals surface area (Å²) >= 11 is 0. The van der Waals surface area contributed by atoms with Crippen LogP contribution < -0.4 is 10.1 Å². The van der Waals surface area contributed by atoms with E-state index < -0.39 is 0 Å². The van der Waals surface area contributed by atoms with Crippen LogP contribution in [0.3, 0.4) is 0 Å². The zero-order chi connectivity index (χ0) is 15.2. The number of hydrogen-bond donors (Lipinski definition) is 2. The molecule has 1 aromatic carbocycles. The molecule has 2 N–H and O–H groups in total. The van der Waals surface area contributed by atoms with E-state index in [9.17, 15) is 5.11 Å². The third-order valence-corrected chi connectivity index (χ3v) is 4.20. The summed E-state index contributed by atoms with van der Waals surface area (Å²) in [4.78, 5) is 2.55. The van der Waals surface area contributed by atoms with Crippen molar-refractivity contribution in [3.8, 4) is 11.5 Å². The number of piperazine rings is 1. The Morgan fingerprint density at radius 3 is 2.39 bits per heavy atom. The fourth-order valence-corrected chi connectivity index (χ4v) is 2.95. The maximum absolute atomic E-state index is 9.80. The summed E-state index contributed by atoms with van der Waals surface area (Å²) in [6.45, 7) is 8.79. The number of ether oxygens (including phenoxy) is 1. The van der Waals surface area contributed by atoms with Crippen molar-refractivity contribution in [1.29, 1.82) is 0 Å². The molecule has 0 spiro atoms. The Labute approximate surface area is 152 Å². The summed E-state index contributed by atoms with van der Waals surface area (Å²) in [5, 5.41) is 13.2. The quantitative estimate of drug-likeness (QED) is 0.808. The van der Waals surface area contributed by atoms with E-state index in [0.29, 0.717) is 17.7 Å². The highest BCUT2D eigenvalue weighted by Crippen LogP contribution is 2.34. The fraction of sp³-hybridized carbons (Fsp3) is 0.647. The standard InChI is InChI=1S/C17H28N2O2.2ClH/c1-13(2)4-6-15(19-10-8-18-9-11-19)14-5-7-16(20)17(12-14)21-3;;/h5,7,12-13,15,18,20H,4,6,8-11H2,1-3H3;2*1H/t15-;;/m1../s1. The zero-order valence-corrected chi connectivity index (χ0v) is 15.9. The highest BCUT2D eigenvalue weighted by molar-refractivity contribution is 5.85. The van der Waals surface area contributed by atoms with Crippen molar-refractivity contribution in [3.63, 3.8) is 0 Å². The molecule has 1 heterocycles. The Kier molecular flexibility index (Phi) is 10.7. The van der Waals surface area contributed by atoms with Crippen LogP contribution in [-0.4, -0.2) is 43.3 Å². The lowest BCUT2D eigenvalue weighted by Gasteiger charge is -2.35. The molecule has 0 bridgehead atoms. The third-order valence-electron chi connectivity index (χ3n) is 4.20. The molecule has 0 amide bonds. The molecule has 1 aliphatic rings. The topological polar surface area (TPSA) is 44.7 Å². The van der Waals surface area contributed by atoms with E-state index in [4.69, 9.17) is 4.74 Å². The molecule has 23 heavy (non-hydrogen) atoms. The van der Waals surface area contributed by atoms with E-state index in [1.807, 2.05) is 12.1 Å². The highest BCUT2D eigenvalue weighted by Gasteiger charge is 2.23. The Balaban J connectivity index is 0.00000242. The van der Waals surface area contributed by atoms with Gasteiger partial charge in [-0.2, -0.15) is 0 Å². The number of nitrogens with zero attached hydrogens (tertiary/aromatic N) is 1. The molecule has 4 nitrogen and oxygen atoms in total. The van der Waals surface area contributed by atoms with Crippen molar-refractivity contribution in [2.45, 2.75) is 32.7 Å². The van der Waals surface area contributed by atoms with Gasteiger partial charge in [0.1, 0.15) is 0 Å². The molecular weight excluding hydrogens is 335 g/mol. The molecule has 0 aromatic heterocycles. The second kappa shape index (κ2) is 11.0. The summed E-state index contributed by atoms with van der Waals surface area (Å²) in [6, 6.07) is 6.18. The molecule has 6 heteroatoms. The second-order valence-electron chi connectivity index (χ2n) is 6.20. The summed E-state index contributed by atoms with van der Waals surface area (Å²) in [5.41, 5.74) is 1.24. The van der Waals surface area contributed by atoms with Crippen molar-refractivity contribution in [2.75, 3.05) is 33.3 Å². The van der Waals surface area contributed by atoms with E-state index in [1.165, 1.54) is 12.0 Å². The number of phenolic OH excluding ortho intramolecular Hbond substituents is 1. The number of halogens is 2. The molecular formula is C17H30Cl2N2O2. The number of phenols is 1. The van der Waals surface area contributed by atoms with Gasteiger partial charge in [0.25, 0.3) is 0 Å². The SMILES string of the molecule is COc1cc([C@@H](CCC(C)C)N2CCNCC2)ccc1O.Cl.Cl. The monoisotopic (exact) mass is 364 g/mol. The van der Waals surface area contributed by atoms with Gasteiger partial charge in [0, 0.05) is 32.2 Å². The molecule has 0 unspecified atom stereocenters. The normalized spacial score (nSPS) is 16.3. The van der Waals surface area contributed by atoms with Crippen LogP contribution in [0.25, 0.3) is 0 Å². The molecule has 0 saturated carbocycles. The lowest BCUT2D eigenvalue weighted by Crippen LogP contribution is -2.45. The number of hydrogen-bond acceptors (Lipinski definition) is 4. The van der Waals surface area contributed by atoms with Crippen LogP contribution in [-0.2, 0) is 0 Å². The largest absolute Gasteiger partial charge is 0.504 e. The Morgan fingerprint density at radius 1 is 1.17 bits per heavy atom. The van der Waals surface area contributed by atoms with E-state index in [2.05, 4.69) is 24.1 Å². The minimum atomic E-state index is 0. The van der Waals surface area contributed by atoms with Crippen molar-refractivity contribution in [2.24, 2.45) is 5.92 Å². The van der Waals surface area contributed by atoms with Crippen LogP contribution >= 0.6 is 24.8 Å². The van der Waals surface area contributed by atoms with Crippen LogP contribution in [0.5, 0.6) is 11.5 Å². The van der Waals surface area contributed by atoms with Gasteiger partial charge in [0.05, 0.1) is 7.11 Å². The van der Waals surface area contributed by atoms with E-state index in [0.717, 1.165) is 32.6 Å². The van der Waals surface area contributed by atoms with Crippen molar-refractivity contribution < 1.29 is 9.84 Å². The van der Waals surface area contributed by atoms with Crippen LogP contribution in [0.2, 0.25) is 0 Å². The molecule has 134 valence electrons. The smallest absolute Gasteiger partial charge is 0.160 e. The maximum Gasteiger partial charge on any atom is 0.160 e. The average Bonchev–Trinajstić information content (AvgIpc) is 2.49. The summed E-state index contributed by atoms with van der Waals surface area (Å²) in [7, 11) is 1.60. The number of aromatic hydroxyl groups is 1. The van der Waals surface area contributed by atoms with Gasteiger partial charge < -0.3 is 15.2 Å². The summed E-state index contributed by atoms with van der Waals surface area (Å²) in [5.74, 6) is 1.48. The maximum atomic E-state index is 9.80. The number of nitrogens with one attached hydrogen (secondary N) is 1. The van der Waals surface area contributed by atoms with Gasteiger partial charge in [-0.05, 0) is 36.5 Å². The Morgan fingerprint density at radius 2 is 1.83 bits per heavy atom. The minimum Gasteiger partial charge on any atom is -0.504 e. The Hall–Kier alpha value is -0.680. The first-order valence-corrected chi connectivity index (χ1v) is 7.93. The van der Waals surface area contributed by atoms with Crippen LogP contribution in [0.15, 0.2) is 18.2 Å². The van der Waals surface area contributed by atoms with Gasteiger partial charge in [0.15, 0.2) is 11.5 Å². The zero-order valence-electron chi connectivity index (χ0n) is 14.2. The lowest BCUT2D eigenvalue weighted by molar-refractivity contribution is 0.159. The molecule has 1 saturated heterocycles. The van der Waals surface area contributed by atoms with Gasteiger partial charge in [-0.3, -0.25) is 4.90 Å². The summed E-state index contributed by atoms with van der Waals surface area (Å²) < 4.78 is 5.27. The van der Waals surface area contributed by atoms with E-state index in [-0.39, 0.29) is 30.6 Å². The predicted octanol–water partition coefficient (Wildman–Crippen LogP) is 3.63. The number of rotatable bonds is 6. The molecule has 1 aromatic rings. The minimum absolute atomic E-state index is 0. The molecule has 1 fully saturated rings. The Bertz CT molecular complexity index is 452. The van der Waals surface area contributed by atoms with E-state index in [1.54, 1.807) is 13.2 Å². The highest BCUT2D eigenvalue weighted by atomic mass is 35.5. The third kappa shape index (κ3) is 6.38. The van der Waals surface area contributed by atoms with Gasteiger partial charge in [-0.25, -0.2) is 0 Å². The molecule has 0 aliphatic carbocycles. The summed E-state index contributed by atoms with van der Waals surface area (Å²) in [6.07, 6.45) is 2.35. The molecule has 2 rings (SSSR count). The predicted molar refractivity (Wildman–Crippen MR) is 100 cm³/mol. The van der Waals surface area contributed by atoms with Gasteiger partial charge in [-0.15, -0.1) is 24.8 Å². The lowest BCUT2D eigenvalue weighted by atomic mass is 9.95. The first-order chi connectivity index (χ1) is 10.1. The van der Waals surface area contributed by atoms with Crippen LogP contribution in [0.1, 0.15) is 38.3 Å². The van der Waals surface area contributed by atoms with Crippen molar-refractivity contribution in [1.82, 2.24) is 10.2 Å². The van der Waals surface area contributed by atoms with Gasteiger partial charge in [-0.1, -0.05) is 19.9 Å². The van der Waals surface area contributed by atoms with Crippen molar-refractivity contribution >= 4 is 24.8 Å². The molecule has 0 radical (unpaired) electrons. The van der Waals surface area contributed by atoms with Crippen LogP contribution in [0.4, 0.5) is 0 Å².